The van der Waals surface area contributed by atoms with Crippen molar-refractivity contribution in [1.29, 1.82) is 0 Å². The van der Waals surface area contributed by atoms with Crippen LogP contribution in [-0.2, 0) is 4.79 Å². The van der Waals surface area contributed by atoms with Crippen molar-refractivity contribution in [2.75, 3.05) is 13.7 Å². The number of carbonyl (C=O) groups excluding carboxylic acids is 2. The molecule has 1 unspecified atom stereocenters. The van der Waals surface area contributed by atoms with E-state index in [-0.39, 0.29) is 5.92 Å². The second kappa shape index (κ2) is 6.41. The van der Waals surface area contributed by atoms with Crippen molar-refractivity contribution in [3.8, 4) is 11.5 Å². The minimum atomic E-state index is -0.508. The van der Waals surface area contributed by atoms with E-state index in [1.165, 1.54) is 7.11 Å². The van der Waals surface area contributed by atoms with Gasteiger partial charge in [0.1, 0.15) is 5.78 Å². The molecule has 1 aromatic rings. The number of rotatable bonds is 6. The number of hydrogen-bond donors (Lipinski definition) is 1. The molecule has 0 radical (unpaired) electrons. The Kier molecular flexibility index (Phi) is 4.61. The lowest BCUT2D eigenvalue weighted by Gasteiger charge is -2.13. The molecule has 20 heavy (non-hydrogen) atoms. The van der Waals surface area contributed by atoms with E-state index in [0.29, 0.717) is 35.9 Å². The van der Waals surface area contributed by atoms with Crippen molar-refractivity contribution < 1.29 is 19.1 Å². The zero-order valence-electron chi connectivity index (χ0n) is 11.6. The van der Waals surface area contributed by atoms with Crippen LogP contribution in [0.15, 0.2) is 18.2 Å². The van der Waals surface area contributed by atoms with Crippen LogP contribution in [-0.4, -0.2) is 25.4 Å². The Hall–Kier alpha value is -2.04. The average molecular weight is 277 g/mol. The Labute approximate surface area is 118 Å². The van der Waals surface area contributed by atoms with Gasteiger partial charge in [0, 0.05) is 17.9 Å². The maximum atomic E-state index is 11.5. The first kappa shape index (κ1) is 14.4. The maximum absolute atomic E-state index is 11.5. The zero-order valence-corrected chi connectivity index (χ0v) is 11.6. The van der Waals surface area contributed by atoms with Gasteiger partial charge >= 0.3 is 0 Å². The van der Waals surface area contributed by atoms with E-state index in [1.807, 2.05) is 0 Å². The number of amides is 1. The number of Topliss-reactive ketones (excluding diaryl/α,β-unsaturated/α-hetero) is 1. The molecule has 5 heteroatoms. The van der Waals surface area contributed by atoms with Crippen molar-refractivity contribution in [3.63, 3.8) is 0 Å². The summed E-state index contributed by atoms with van der Waals surface area (Å²) in [4.78, 5) is 22.6. The second-order valence-corrected chi connectivity index (χ2v) is 4.92. The summed E-state index contributed by atoms with van der Waals surface area (Å²) in [5.41, 5.74) is 5.59. The SMILES string of the molecule is COc1cc(C(N)=O)ccc1OCCC1CCCC1=O. The summed E-state index contributed by atoms with van der Waals surface area (Å²) >= 11 is 0. The number of hydrogen-bond acceptors (Lipinski definition) is 4. The highest BCUT2D eigenvalue weighted by molar-refractivity contribution is 5.93. The molecule has 1 fully saturated rings. The molecule has 5 nitrogen and oxygen atoms in total. The van der Waals surface area contributed by atoms with Crippen molar-refractivity contribution in [1.82, 2.24) is 0 Å². The van der Waals surface area contributed by atoms with E-state index in [0.717, 1.165) is 19.3 Å². The van der Waals surface area contributed by atoms with E-state index < -0.39 is 5.91 Å². The van der Waals surface area contributed by atoms with Crippen LogP contribution in [0.5, 0.6) is 11.5 Å². The van der Waals surface area contributed by atoms with Crippen LogP contribution in [0, 0.1) is 5.92 Å². The first-order valence-corrected chi connectivity index (χ1v) is 6.75. The third-order valence-electron chi connectivity index (χ3n) is 3.60. The van der Waals surface area contributed by atoms with E-state index in [9.17, 15) is 9.59 Å². The summed E-state index contributed by atoms with van der Waals surface area (Å²) < 4.78 is 10.8. The highest BCUT2D eigenvalue weighted by atomic mass is 16.5. The molecule has 1 aliphatic carbocycles. The summed E-state index contributed by atoms with van der Waals surface area (Å²) in [7, 11) is 1.51. The number of carbonyl (C=O) groups is 2. The number of nitrogens with two attached hydrogens (primary N) is 1. The van der Waals surface area contributed by atoms with Crippen molar-refractivity contribution in [2.24, 2.45) is 11.7 Å². The first-order chi connectivity index (χ1) is 9.61. The van der Waals surface area contributed by atoms with E-state index in [4.69, 9.17) is 15.2 Å². The summed E-state index contributed by atoms with van der Waals surface area (Å²) in [6, 6.07) is 4.81. The van der Waals surface area contributed by atoms with Crippen molar-refractivity contribution in [2.45, 2.75) is 25.7 Å². The molecule has 0 heterocycles. The van der Waals surface area contributed by atoms with Gasteiger partial charge in [-0.2, -0.15) is 0 Å². The van der Waals surface area contributed by atoms with Gasteiger partial charge in [-0.1, -0.05) is 0 Å². The van der Waals surface area contributed by atoms with Crippen LogP contribution in [0.3, 0.4) is 0 Å². The molecule has 0 saturated heterocycles. The molecular weight excluding hydrogens is 258 g/mol. The highest BCUT2D eigenvalue weighted by Crippen LogP contribution is 2.29. The quantitative estimate of drug-likeness (QED) is 0.861. The van der Waals surface area contributed by atoms with Gasteiger partial charge in [0.25, 0.3) is 0 Å². The molecule has 2 rings (SSSR count). The molecule has 1 aliphatic rings. The first-order valence-electron chi connectivity index (χ1n) is 6.75. The largest absolute Gasteiger partial charge is 0.493 e. The van der Waals surface area contributed by atoms with Gasteiger partial charge < -0.3 is 15.2 Å². The second-order valence-electron chi connectivity index (χ2n) is 4.92. The Morgan fingerprint density at radius 3 is 2.80 bits per heavy atom. The van der Waals surface area contributed by atoms with Gasteiger partial charge in [0.05, 0.1) is 13.7 Å². The summed E-state index contributed by atoms with van der Waals surface area (Å²) in [5, 5.41) is 0. The van der Waals surface area contributed by atoms with Crippen LogP contribution in [0.1, 0.15) is 36.0 Å². The normalized spacial score (nSPS) is 18.1. The van der Waals surface area contributed by atoms with E-state index in [2.05, 4.69) is 0 Å². The standard InChI is InChI=1S/C15H19NO4/c1-19-14-9-11(15(16)18)5-6-13(14)20-8-7-10-3-2-4-12(10)17/h5-6,9-10H,2-4,7-8H2,1H3,(H2,16,18). The average Bonchev–Trinajstić information content (AvgIpc) is 2.84. The fourth-order valence-corrected chi connectivity index (χ4v) is 2.44. The summed E-state index contributed by atoms with van der Waals surface area (Å²) in [5.74, 6) is 0.990. The van der Waals surface area contributed by atoms with Gasteiger partial charge in [0.15, 0.2) is 11.5 Å². The van der Waals surface area contributed by atoms with E-state index in [1.54, 1.807) is 18.2 Å². The number of ether oxygens (including phenoxy) is 2. The molecule has 0 aliphatic heterocycles. The van der Waals surface area contributed by atoms with Crippen LogP contribution in [0.4, 0.5) is 0 Å². The lowest BCUT2D eigenvalue weighted by molar-refractivity contribution is -0.121. The Morgan fingerprint density at radius 2 is 2.20 bits per heavy atom. The summed E-state index contributed by atoms with van der Waals surface area (Å²) in [6.45, 7) is 0.461. The highest BCUT2D eigenvalue weighted by Gasteiger charge is 2.24. The van der Waals surface area contributed by atoms with Gasteiger partial charge in [-0.05, 0) is 37.5 Å². The molecule has 0 bridgehead atoms. The predicted octanol–water partition coefficient (Wildman–Crippen LogP) is 1.93. The van der Waals surface area contributed by atoms with Gasteiger partial charge in [-0.15, -0.1) is 0 Å². The number of benzene rings is 1. The Bertz CT molecular complexity index is 513. The third-order valence-corrected chi connectivity index (χ3v) is 3.60. The lowest BCUT2D eigenvalue weighted by Crippen LogP contribution is -2.12. The monoisotopic (exact) mass is 277 g/mol. The molecule has 1 amide bonds. The predicted molar refractivity (Wildman–Crippen MR) is 74.0 cm³/mol. The lowest BCUT2D eigenvalue weighted by atomic mass is 10.0. The van der Waals surface area contributed by atoms with Gasteiger partial charge in [-0.25, -0.2) is 0 Å². The van der Waals surface area contributed by atoms with Crippen LogP contribution < -0.4 is 15.2 Å². The molecule has 1 saturated carbocycles. The topological polar surface area (TPSA) is 78.6 Å². The summed E-state index contributed by atoms with van der Waals surface area (Å²) in [6.07, 6.45) is 3.36. The van der Waals surface area contributed by atoms with Crippen LogP contribution >= 0.6 is 0 Å². The molecule has 2 N–H and O–H groups in total. The van der Waals surface area contributed by atoms with Gasteiger partial charge in [0.2, 0.25) is 5.91 Å². The Morgan fingerprint density at radius 1 is 1.40 bits per heavy atom. The maximum Gasteiger partial charge on any atom is 0.248 e. The van der Waals surface area contributed by atoms with Crippen LogP contribution in [0.25, 0.3) is 0 Å². The number of ketones is 1. The number of methoxy groups -OCH3 is 1. The Balaban J connectivity index is 1.95. The molecular formula is C15H19NO4. The smallest absolute Gasteiger partial charge is 0.248 e. The van der Waals surface area contributed by atoms with Crippen LogP contribution in [0.2, 0.25) is 0 Å². The molecule has 108 valence electrons. The minimum Gasteiger partial charge on any atom is -0.493 e. The van der Waals surface area contributed by atoms with E-state index >= 15 is 0 Å². The van der Waals surface area contributed by atoms with Crippen molar-refractivity contribution in [3.05, 3.63) is 23.8 Å². The number of primary amides is 1. The third kappa shape index (κ3) is 3.29. The molecule has 0 aromatic heterocycles. The molecule has 1 aromatic carbocycles. The van der Waals surface area contributed by atoms with Gasteiger partial charge in [-0.3, -0.25) is 9.59 Å². The fraction of sp³-hybridized carbons (Fsp3) is 0.467. The molecule has 0 spiro atoms. The fourth-order valence-electron chi connectivity index (χ4n) is 2.44. The zero-order chi connectivity index (χ0) is 14.5. The molecule has 1 atom stereocenters. The van der Waals surface area contributed by atoms with Crippen molar-refractivity contribution >= 4 is 11.7 Å². The minimum absolute atomic E-state index is 0.130.